The highest BCUT2D eigenvalue weighted by molar-refractivity contribution is 4.76. The summed E-state index contributed by atoms with van der Waals surface area (Å²) in [5.74, 6) is 0. The minimum Gasteiger partial charge on any atom is -0.311 e. The van der Waals surface area contributed by atoms with Gasteiger partial charge in [-0.1, -0.05) is 13.8 Å². The molecular formula is C12H25F3N2. The molecule has 5 heteroatoms. The lowest BCUT2D eigenvalue weighted by Gasteiger charge is -2.28. The van der Waals surface area contributed by atoms with Gasteiger partial charge in [-0.3, -0.25) is 4.90 Å². The number of hydrogen-bond donors (Lipinski definition) is 1. The fourth-order valence-electron chi connectivity index (χ4n) is 1.52. The SMILES string of the molecule is CCCN(CCNC(C)(C)CC)CC(F)(F)F. The standard InChI is InChI=1S/C12H25F3N2/c1-5-8-17(10-12(13,14)15)9-7-16-11(3,4)6-2/h16H,5-10H2,1-4H3. The van der Waals surface area contributed by atoms with Gasteiger partial charge in [0.15, 0.2) is 0 Å². The van der Waals surface area contributed by atoms with Crippen LogP contribution in [0, 0.1) is 0 Å². The average Bonchev–Trinajstić information content (AvgIpc) is 2.15. The molecular weight excluding hydrogens is 229 g/mol. The van der Waals surface area contributed by atoms with E-state index in [0.717, 1.165) is 12.8 Å². The molecule has 0 aliphatic carbocycles. The zero-order valence-corrected chi connectivity index (χ0v) is 11.3. The van der Waals surface area contributed by atoms with Gasteiger partial charge in [-0.15, -0.1) is 0 Å². The van der Waals surface area contributed by atoms with Gasteiger partial charge < -0.3 is 5.32 Å². The van der Waals surface area contributed by atoms with Gasteiger partial charge in [0, 0.05) is 18.6 Å². The van der Waals surface area contributed by atoms with Crippen molar-refractivity contribution in [2.75, 3.05) is 26.2 Å². The summed E-state index contributed by atoms with van der Waals surface area (Å²) in [4.78, 5) is 1.46. The molecule has 0 atom stereocenters. The summed E-state index contributed by atoms with van der Waals surface area (Å²) < 4.78 is 36.9. The third kappa shape index (κ3) is 9.41. The largest absolute Gasteiger partial charge is 0.401 e. The van der Waals surface area contributed by atoms with Crippen molar-refractivity contribution in [3.8, 4) is 0 Å². The monoisotopic (exact) mass is 254 g/mol. The number of nitrogens with zero attached hydrogens (tertiary/aromatic N) is 1. The fraction of sp³-hybridized carbons (Fsp3) is 1.00. The maximum Gasteiger partial charge on any atom is 0.401 e. The first-order valence-corrected chi connectivity index (χ1v) is 6.24. The molecule has 0 saturated carbocycles. The van der Waals surface area contributed by atoms with Crippen LogP contribution in [-0.2, 0) is 0 Å². The van der Waals surface area contributed by atoms with E-state index in [-0.39, 0.29) is 5.54 Å². The van der Waals surface area contributed by atoms with E-state index in [1.165, 1.54) is 4.90 Å². The van der Waals surface area contributed by atoms with Gasteiger partial charge in [-0.2, -0.15) is 13.2 Å². The second-order valence-electron chi connectivity index (χ2n) is 5.06. The van der Waals surface area contributed by atoms with Crippen molar-refractivity contribution < 1.29 is 13.2 Å². The fourth-order valence-corrected chi connectivity index (χ4v) is 1.52. The zero-order chi connectivity index (χ0) is 13.5. The summed E-state index contributed by atoms with van der Waals surface area (Å²) in [6.07, 6.45) is -2.40. The van der Waals surface area contributed by atoms with Crippen LogP contribution in [0.2, 0.25) is 0 Å². The average molecular weight is 254 g/mol. The normalized spacial score (nSPS) is 13.4. The minimum absolute atomic E-state index is 0.00385. The van der Waals surface area contributed by atoms with Gasteiger partial charge in [0.2, 0.25) is 0 Å². The van der Waals surface area contributed by atoms with Crippen molar-refractivity contribution in [2.24, 2.45) is 0 Å². The molecule has 0 heterocycles. The molecule has 1 N–H and O–H groups in total. The molecule has 0 rings (SSSR count). The van der Waals surface area contributed by atoms with Gasteiger partial charge in [-0.25, -0.2) is 0 Å². The molecule has 17 heavy (non-hydrogen) atoms. The first kappa shape index (κ1) is 16.7. The smallest absolute Gasteiger partial charge is 0.311 e. The number of halogens is 3. The van der Waals surface area contributed by atoms with E-state index in [4.69, 9.17) is 0 Å². The minimum atomic E-state index is -4.10. The predicted octanol–water partition coefficient (Wildman–Crippen LogP) is 3.04. The molecule has 0 aliphatic heterocycles. The van der Waals surface area contributed by atoms with Crippen molar-refractivity contribution in [1.82, 2.24) is 10.2 Å². The van der Waals surface area contributed by atoms with Gasteiger partial charge >= 0.3 is 6.18 Å². The maximum atomic E-state index is 12.3. The summed E-state index contributed by atoms with van der Waals surface area (Å²) in [6, 6.07) is 0. The zero-order valence-electron chi connectivity index (χ0n) is 11.3. The summed E-state index contributed by atoms with van der Waals surface area (Å²) in [7, 11) is 0. The topological polar surface area (TPSA) is 15.3 Å². The van der Waals surface area contributed by atoms with Crippen LogP contribution < -0.4 is 5.32 Å². The molecule has 0 aromatic rings. The number of rotatable bonds is 8. The first-order chi connectivity index (χ1) is 7.70. The van der Waals surface area contributed by atoms with Crippen LogP contribution in [0.1, 0.15) is 40.5 Å². The van der Waals surface area contributed by atoms with E-state index in [9.17, 15) is 13.2 Å². The molecule has 0 amide bonds. The molecule has 0 aromatic carbocycles. The van der Waals surface area contributed by atoms with Crippen LogP contribution >= 0.6 is 0 Å². The molecule has 104 valence electrons. The Labute approximate surface area is 103 Å². The lowest BCUT2D eigenvalue weighted by molar-refractivity contribution is -0.145. The Balaban J connectivity index is 4.01. The van der Waals surface area contributed by atoms with Crippen molar-refractivity contribution in [3.05, 3.63) is 0 Å². The molecule has 0 fully saturated rings. The quantitative estimate of drug-likeness (QED) is 0.716. The summed E-state index contributed by atoms with van der Waals surface area (Å²) in [6.45, 7) is 8.79. The van der Waals surface area contributed by atoms with E-state index >= 15 is 0 Å². The Morgan fingerprint density at radius 2 is 1.65 bits per heavy atom. The summed E-state index contributed by atoms with van der Waals surface area (Å²) in [5, 5.41) is 3.27. The van der Waals surface area contributed by atoms with Gasteiger partial charge in [0.25, 0.3) is 0 Å². The Hall–Kier alpha value is -0.290. The molecule has 0 aliphatic rings. The van der Waals surface area contributed by atoms with Crippen LogP contribution in [0.25, 0.3) is 0 Å². The Bertz CT molecular complexity index is 202. The van der Waals surface area contributed by atoms with Gasteiger partial charge in [0.1, 0.15) is 0 Å². The van der Waals surface area contributed by atoms with Crippen LogP contribution in [0.3, 0.4) is 0 Å². The van der Waals surface area contributed by atoms with E-state index in [2.05, 4.69) is 26.1 Å². The van der Waals surface area contributed by atoms with Crippen molar-refractivity contribution in [2.45, 2.75) is 52.3 Å². The highest BCUT2D eigenvalue weighted by Crippen LogP contribution is 2.16. The van der Waals surface area contributed by atoms with Crippen LogP contribution in [0.15, 0.2) is 0 Å². The summed E-state index contributed by atoms with van der Waals surface area (Å²) in [5.41, 5.74) is -0.00385. The van der Waals surface area contributed by atoms with Crippen LogP contribution in [0.4, 0.5) is 13.2 Å². The van der Waals surface area contributed by atoms with E-state index in [1.54, 1.807) is 0 Å². The highest BCUT2D eigenvalue weighted by atomic mass is 19.4. The van der Waals surface area contributed by atoms with E-state index in [1.807, 2.05) is 6.92 Å². The van der Waals surface area contributed by atoms with Crippen molar-refractivity contribution in [3.63, 3.8) is 0 Å². The predicted molar refractivity (Wildman–Crippen MR) is 65.2 cm³/mol. The second kappa shape index (κ2) is 7.21. The number of alkyl halides is 3. The molecule has 0 radical (unpaired) electrons. The third-order valence-electron chi connectivity index (χ3n) is 2.86. The number of nitrogens with one attached hydrogen (secondary N) is 1. The molecule has 0 bridgehead atoms. The highest BCUT2D eigenvalue weighted by Gasteiger charge is 2.30. The molecule has 0 spiro atoms. The maximum absolute atomic E-state index is 12.3. The number of hydrogen-bond acceptors (Lipinski definition) is 2. The molecule has 0 aromatic heterocycles. The van der Waals surface area contributed by atoms with Crippen molar-refractivity contribution >= 4 is 0 Å². The van der Waals surface area contributed by atoms with Gasteiger partial charge in [-0.05, 0) is 33.2 Å². The van der Waals surface area contributed by atoms with E-state index in [0.29, 0.717) is 19.6 Å². The molecule has 2 nitrogen and oxygen atoms in total. The lowest BCUT2D eigenvalue weighted by Crippen LogP contribution is -2.45. The molecule has 0 saturated heterocycles. The summed E-state index contributed by atoms with van der Waals surface area (Å²) >= 11 is 0. The van der Waals surface area contributed by atoms with Gasteiger partial charge in [0.05, 0.1) is 6.54 Å². The first-order valence-electron chi connectivity index (χ1n) is 6.24. The third-order valence-corrected chi connectivity index (χ3v) is 2.86. The van der Waals surface area contributed by atoms with Crippen LogP contribution in [0.5, 0.6) is 0 Å². The Kier molecular flexibility index (Phi) is 7.09. The second-order valence-corrected chi connectivity index (χ2v) is 5.06. The lowest BCUT2D eigenvalue weighted by atomic mass is 10.0. The molecule has 0 unspecified atom stereocenters. The Morgan fingerprint density at radius 3 is 2.06 bits per heavy atom. The van der Waals surface area contributed by atoms with Crippen molar-refractivity contribution in [1.29, 1.82) is 0 Å². The van der Waals surface area contributed by atoms with E-state index < -0.39 is 12.7 Å². The Morgan fingerprint density at radius 1 is 1.06 bits per heavy atom. The van der Waals surface area contributed by atoms with Crippen LogP contribution in [-0.4, -0.2) is 42.8 Å².